The zero-order valence-electron chi connectivity index (χ0n) is 6.38. The van der Waals surface area contributed by atoms with Crippen molar-refractivity contribution in [2.45, 2.75) is 6.92 Å². The van der Waals surface area contributed by atoms with Gasteiger partial charge in [0.25, 0.3) is 0 Å². The Morgan fingerprint density at radius 3 is 2.83 bits per heavy atom. The average molecular weight is 188 g/mol. The smallest absolute Gasteiger partial charge is 0.123 e. The molecule has 64 valence electrons. The van der Waals surface area contributed by atoms with Crippen LogP contribution < -0.4 is 0 Å². The van der Waals surface area contributed by atoms with Gasteiger partial charge in [-0.1, -0.05) is 16.8 Å². The summed E-state index contributed by atoms with van der Waals surface area (Å²) in [7, 11) is 0. The van der Waals surface area contributed by atoms with Crippen LogP contribution in [0.25, 0.3) is 0 Å². The lowest BCUT2D eigenvalue weighted by molar-refractivity contribution is 0.319. The number of benzene rings is 1. The van der Waals surface area contributed by atoms with E-state index < -0.39 is 5.82 Å². The molecule has 0 heterocycles. The van der Waals surface area contributed by atoms with E-state index >= 15 is 0 Å². The van der Waals surface area contributed by atoms with Crippen LogP contribution in [0.5, 0.6) is 0 Å². The van der Waals surface area contributed by atoms with Crippen LogP contribution in [-0.2, 0) is 0 Å². The van der Waals surface area contributed by atoms with E-state index in [-0.39, 0.29) is 0 Å². The highest BCUT2D eigenvalue weighted by atomic mass is 35.5. The Morgan fingerprint density at radius 1 is 1.58 bits per heavy atom. The first kappa shape index (κ1) is 9.00. The highest BCUT2D eigenvalue weighted by Crippen LogP contribution is 2.17. The molecule has 0 fully saturated rings. The van der Waals surface area contributed by atoms with Gasteiger partial charge in [0.15, 0.2) is 0 Å². The van der Waals surface area contributed by atoms with E-state index in [1.807, 2.05) is 0 Å². The Labute approximate surface area is 74.3 Å². The van der Waals surface area contributed by atoms with Crippen LogP contribution in [0, 0.1) is 5.82 Å². The SMILES string of the molecule is C/C(=N\O)c1cc(F)ccc1Cl. The van der Waals surface area contributed by atoms with E-state index in [1.54, 1.807) is 6.92 Å². The lowest BCUT2D eigenvalue weighted by Crippen LogP contribution is -1.96. The first-order valence-corrected chi connectivity index (χ1v) is 3.67. The minimum Gasteiger partial charge on any atom is -0.411 e. The molecule has 0 aliphatic rings. The molecule has 1 aromatic rings. The first-order valence-electron chi connectivity index (χ1n) is 3.29. The molecule has 0 unspecified atom stereocenters. The van der Waals surface area contributed by atoms with Gasteiger partial charge < -0.3 is 5.21 Å². The quantitative estimate of drug-likeness (QED) is 0.409. The zero-order valence-corrected chi connectivity index (χ0v) is 7.14. The van der Waals surface area contributed by atoms with Crippen molar-refractivity contribution in [2.24, 2.45) is 5.16 Å². The minimum atomic E-state index is -0.405. The van der Waals surface area contributed by atoms with E-state index in [2.05, 4.69) is 5.16 Å². The standard InChI is InChI=1S/C8H7ClFNO/c1-5(11-12)7-4-6(10)2-3-8(7)9/h2-4,12H,1H3/b11-5+. The molecule has 0 spiro atoms. The van der Waals surface area contributed by atoms with Gasteiger partial charge in [-0.2, -0.15) is 0 Å². The van der Waals surface area contributed by atoms with E-state index in [9.17, 15) is 4.39 Å². The predicted molar refractivity (Wildman–Crippen MR) is 45.4 cm³/mol. The summed E-state index contributed by atoms with van der Waals surface area (Å²) >= 11 is 5.71. The summed E-state index contributed by atoms with van der Waals surface area (Å²) in [4.78, 5) is 0. The van der Waals surface area contributed by atoms with Gasteiger partial charge in [0, 0.05) is 10.6 Å². The molecular weight excluding hydrogens is 181 g/mol. The van der Waals surface area contributed by atoms with E-state index in [4.69, 9.17) is 16.8 Å². The number of hydrogen-bond acceptors (Lipinski definition) is 2. The number of nitrogens with zero attached hydrogens (tertiary/aromatic N) is 1. The van der Waals surface area contributed by atoms with Gasteiger partial charge in [0.2, 0.25) is 0 Å². The second-order valence-electron chi connectivity index (χ2n) is 2.31. The summed E-state index contributed by atoms with van der Waals surface area (Å²) in [5.41, 5.74) is 0.693. The van der Waals surface area contributed by atoms with Gasteiger partial charge in [0.05, 0.1) is 5.71 Å². The molecule has 2 nitrogen and oxygen atoms in total. The fraction of sp³-hybridized carbons (Fsp3) is 0.125. The molecule has 12 heavy (non-hydrogen) atoms. The van der Waals surface area contributed by atoms with Gasteiger partial charge in [-0.15, -0.1) is 0 Å². The maximum Gasteiger partial charge on any atom is 0.123 e. The van der Waals surface area contributed by atoms with Crippen LogP contribution >= 0.6 is 11.6 Å². The largest absolute Gasteiger partial charge is 0.411 e. The van der Waals surface area contributed by atoms with Crippen molar-refractivity contribution in [3.05, 3.63) is 34.6 Å². The molecule has 0 atom stereocenters. The fourth-order valence-corrected chi connectivity index (χ4v) is 1.08. The molecule has 0 aliphatic carbocycles. The highest BCUT2D eigenvalue weighted by molar-refractivity contribution is 6.34. The van der Waals surface area contributed by atoms with E-state index in [0.29, 0.717) is 16.3 Å². The third kappa shape index (κ3) is 1.74. The third-order valence-electron chi connectivity index (χ3n) is 1.47. The molecule has 0 bridgehead atoms. The lowest BCUT2D eigenvalue weighted by Gasteiger charge is -2.00. The summed E-state index contributed by atoms with van der Waals surface area (Å²) in [6, 6.07) is 3.88. The minimum absolute atomic E-state index is 0.291. The summed E-state index contributed by atoms with van der Waals surface area (Å²) < 4.78 is 12.6. The summed E-state index contributed by atoms with van der Waals surface area (Å²) in [5.74, 6) is -0.405. The van der Waals surface area contributed by atoms with Crippen LogP contribution in [0.2, 0.25) is 5.02 Å². The van der Waals surface area contributed by atoms with E-state index in [0.717, 1.165) is 0 Å². The second-order valence-corrected chi connectivity index (χ2v) is 2.72. The van der Waals surface area contributed by atoms with Gasteiger partial charge in [-0.05, 0) is 25.1 Å². The second kappa shape index (κ2) is 3.54. The van der Waals surface area contributed by atoms with Crippen LogP contribution in [0.4, 0.5) is 4.39 Å². The van der Waals surface area contributed by atoms with Gasteiger partial charge in [-0.3, -0.25) is 0 Å². The maximum atomic E-state index is 12.6. The summed E-state index contributed by atoms with van der Waals surface area (Å²) in [6.07, 6.45) is 0. The molecule has 4 heteroatoms. The lowest BCUT2D eigenvalue weighted by atomic mass is 10.1. The highest BCUT2D eigenvalue weighted by Gasteiger charge is 2.04. The predicted octanol–water partition coefficient (Wildman–Crippen LogP) is 2.68. The average Bonchev–Trinajstić information content (AvgIpc) is 2.08. The van der Waals surface area contributed by atoms with Crippen LogP contribution in [0.1, 0.15) is 12.5 Å². The number of rotatable bonds is 1. The monoisotopic (exact) mass is 187 g/mol. The molecule has 0 radical (unpaired) electrons. The van der Waals surface area contributed by atoms with Crippen LogP contribution in [-0.4, -0.2) is 10.9 Å². The van der Waals surface area contributed by atoms with Gasteiger partial charge in [0.1, 0.15) is 5.82 Å². The van der Waals surface area contributed by atoms with Gasteiger partial charge >= 0.3 is 0 Å². The van der Waals surface area contributed by atoms with Crippen LogP contribution in [0.3, 0.4) is 0 Å². The Hall–Kier alpha value is -1.09. The zero-order chi connectivity index (χ0) is 9.14. The van der Waals surface area contributed by atoms with Crippen molar-refractivity contribution in [1.82, 2.24) is 0 Å². The number of halogens is 2. The Morgan fingerprint density at radius 2 is 2.25 bits per heavy atom. The number of hydrogen-bond donors (Lipinski definition) is 1. The molecule has 0 saturated heterocycles. The topological polar surface area (TPSA) is 32.6 Å². The summed E-state index contributed by atoms with van der Waals surface area (Å²) in [6.45, 7) is 1.54. The molecule has 1 rings (SSSR count). The van der Waals surface area contributed by atoms with Crippen molar-refractivity contribution in [2.75, 3.05) is 0 Å². The van der Waals surface area contributed by atoms with Crippen molar-refractivity contribution in [3.8, 4) is 0 Å². The Balaban J connectivity index is 3.23. The molecule has 0 aromatic heterocycles. The van der Waals surface area contributed by atoms with Crippen LogP contribution in [0.15, 0.2) is 23.4 Å². The molecule has 0 aliphatic heterocycles. The maximum absolute atomic E-state index is 12.6. The van der Waals surface area contributed by atoms with E-state index in [1.165, 1.54) is 18.2 Å². The first-order chi connectivity index (χ1) is 5.65. The molecule has 1 N–H and O–H groups in total. The molecular formula is C8H7ClFNO. The Kier molecular flexibility index (Phi) is 2.65. The van der Waals surface area contributed by atoms with Crippen molar-refractivity contribution < 1.29 is 9.60 Å². The number of oxime groups is 1. The fourth-order valence-electron chi connectivity index (χ4n) is 0.829. The van der Waals surface area contributed by atoms with Gasteiger partial charge in [-0.25, -0.2) is 4.39 Å². The van der Waals surface area contributed by atoms with Crippen molar-refractivity contribution in [1.29, 1.82) is 0 Å². The summed E-state index contributed by atoms with van der Waals surface area (Å²) in [5, 5.41) is 11.7. The van der Waals surface area contributed by atoms with Crippen molar-refractivity contribution in [3.63, 3.8) is 0 Å². The van der Waals surface area contributed by atoms with Crippen molar-refractivity contribution >= 4 is 17.3 Å². The Bertz CT molecular complexity index is 325. The normalized spacial score (nSPS) is 11.8. The molecule has 0 saturated carbocycles. The third-order valence-corrected chi connectivity index (χ3v) is 1.80. The molecule has 1 aromatic carbocycles. The molecule has 0 amide bonds.